The molecular formula is C17H17BrN4O2. The van der Waals surface area contributed by atoms with Crippen LogP contribution in [0.5, 0.6) is 0 Å². The molecule has 1 aliphatic rings. The van der Waals surface area contributed by atoms with Gasteiger partial charge < -0.3 is 10.5 Å². The Bertz CT molecular complexity index is 791. The molecule has 24 heavy (non-hydrogen) atoms. The zero-order valence-corrected chi connectivity index (χ0v) is 14.8. The van der Waals surface area contributed by atoms with Crippen molar-refractivity contribution in [2.24, 2.45) is 10.7 Å². The number of aliphatic imine (C=N–C) groups is 1. The molecule has 124 valence electrons. The summed E-state index contributed by atoms with van der Waals surface area (Å²) in [5, 5.41) is 0. The average Bonchev–Trinajstić information content (AvgIpc) is 2.55. The van der Waals surface area contributed by atoms with E-state index < -0.39 is 5.54 Å². The van der Waals surface area contributed by atoms with Gasteiger partial charge in [-0.3, -0.25) is 19.8 Å². The molecule has 0 saturated carbocycles. The van der Waals surface area contributed by atoms with Crippen LogP contribution in [0, 0.1) is 0 Å². The molecule has 0 bridgehead atoms. The summed E-state index contributed by atoms with van der Waals surface area (Å²) in [5.41, 5.74) is 6.98. The third-order valence-corrected chi connectivity index (χ3v) is 4.21. The van der Waals surface area contributed by atoms with E-state index in [0.29, 0.717) is 30.4 Å². The lowest BCUT2D eigenvalue weighted by molar-refractivity contribution is 0.0984. The predicted molar refractivity (Wildman–Crippen MR) is 94.0 cm³/mol. The molecule has 0 radical (unpaired) electrons. The lowest BCUT2D eigenvalue weighted by atomic mass is 9.97. The first-order chi connectivity index (χ1) is 11.5. The smallest absolute Gasteiger partial charge is 0.187 e. The van der Waals surface area contributed by atoms with E-state index in [1.165, 1.54) is 0 Å². The van der Waals surface area contributed by atoms with Gasteiger partial charge in [0, 0.05) is 16.4 Å². The summed E-state index contributed by atoms with van der Waals surface area (Å²) < 4.78 is 6.31. The molecule has 1 aliphatic heterocycles. The number of halogens is 1. The SMILES string of the molecule is C[C@@]1(c2cccc(CC(=O)c3ccc(Br)cn3)n2)COCC(N)=N1. The number of hydrogen-bond acceptors (Lipinski definition) is 6. The Hall–Kier alpha value is -2.12. The van der Waals surface area contributed by atoms with Crippen LogP contribution >= 0.6 is 15.9 Å². The average molecular weight is 389 g/mol. The molecule has 2 N–H and O–H groups in total. The van der Waals surface area contributed by atoms with Gasteiger partial charge in [0.2, 0.25) is 0 Å². The predicted octanol–water partition coefficient (Wildman–Crippen LogP) is 2.27. The Morgan fingerprint density at radius 2 is 2.21 bits per heavy atom. The van der Waals surface area contributed by atoms with Crippen LogP contribution < -0.4 is 5.73 Å². The number of carbonyl (C=O) groups is 1. The highest BCUT2D eigenvalue weighted by atomic mass is 79.9. The van der Waals surface area contributed by atoms with E-state index in [0.717, 1.165) is 10.2 Å². The third-order valence-electron chi connectivity index (χ3n) is 3.74. The number of Topliss-reactive ketones (excluding diaryl/α,β-unsaturated/α-hetero) is 1. The van der Waals surface area contributed by atoms with Crippen molar-refractivity contribution >= 4 is 27.5 Å². The fraction of sp³-hybridized carbons (Fsp3) is 0.294. The summed E-state index contributed by atoms with van der Waals surface area (Å²) in [5.74, 6) is 0.367. The highest BCUT2D eigenvalue weighted by molar-refractivity contribution is 9.10. The second-order valence-electron chi connectivity index (χ2n) is 5.85. The van der Waals surface area contributed by atoms with Gasteiger partial charge in [-0.1, -0.05) is 6.07 Å². The molecule has 0 amide bonds. The maximum absolute atomic E-state index is 12.4. The van der Waals surface area contributed by atoms with Crippen molar-refractivity contribution in [3.63, 3.8) is 0 Å². The number of nitrogens with two attached hydrogens (primary N) is 1. The Balaban J connectivity index is 1.82. The quantitative estimate of drug-likeness (QED) is 0.811. The van der Waals surface area contributed by atoms with Gasteiger partial charge in [0.25, 0.3) is 0 Å². The van der Waals surface area contributed by atoms with Crippen molar-refractivity contribution in [1.29, 1.82) is 0 Å². The lowest BCUT2D eigenvalue weighted by Crippen LogP contribution is -2.38. The molecular weight excluding hydrogens is 372 g/mol. The molecule has 6 nitrogen and oxygen atoms in total. The Labute approximate surface area is 148 Å². The molecule has 2 aromatic heterocycles. The monoisotopic (exact) mass is 388 g/mol. The summed E-state index contributed by atoms with van der Waals surface area (Å²) in [4.78, 5) is 25.5. The second kappa shape index (κ2) is 6.78. The van der Waals surface area contributed by atoms with Gasteiger partial charge in [0.1, 0.15) is 23.7 Å². The summed E-state index contributed by atoms with van der Waals surface area (Å²) in [6, 6.07) is 9.04. The van der Waals surface area contributed by atoms with Crippen molar-refractivity contribution in [3.8, 4) is 0 Å². The van der Waals surface area contributed by atoms with Crippen molar-refractivity contribution in [2.75, 3.05) is 13.2 Å². The number of carbonyl (C=O) groups excluding carboxylic acids is 1. The number of amidine groups is 1. The molecule has 0 saturated heterocycles. The first-order valence-corrected chi connectivity index (χ1v) is 8.29. The summed E-state index contributed by atoms with van der Waals surface area (Å²) >= 11 is 3.31. The number of rotatable bonds is 4. The second-order valence-corrected chi connectivity index (χ2v) is 6.76. The van der Waals surface area contributed by atoms with Crippen LogP contribution in [-0.4, -0.2) is 34.8 Å². The number of pyridine rings is 2. The Kier molecular flexibility index (Phi) is 4.73. The van der Waals surface area contributed by atoms with E-state index in [1.54, 1.807) is 18.3 Å². The number of hydrogen-bond donors (Lipinski definition) is 1. The van der Waals surface area contributed by atoms with Crippen LogP contribution in [0.3, 0.4) is 0 Å². The van der Waals surface area contributed by atoms with Gasteiger partial charge in [-0.05, 0) is 47.1 Å². The minimum atomic E-state index is -0.628. The van der Waals surface area contributed by atoms with Gasteiger partial charge in [-0.15, -0.1) is 0 Å². The number of aromatic nitrogens is 2. The summed E-state index contributed by atoms with van der Waals surface area (Å²) in [6.45, 7) is 2.67. The molecule has 2 aromatic rings. The molecule has 0 aromatic carbocycles. The van der Waals surface area contributed by atoms with Crippen molar-refractivity contribution < 1.29 is 9.53 Å². The first kappa shape index (κ1) is 16.7. The minimum absolute atomic E-state index is 0.0831. The van der Waals surface area contributed by atoms with E-state index in [4.69, 9.17) is 10.5 Å². The van der Waals surface area contributed by atoms with Gasteiger partial charge >= 0.3 is 0 Å². The fourth-order valence-electron chi connectivity index (χ4n) is 2.54. The largest absolute Gasteiger partial charge is 0.386 e. The minimum Gasteiger partial charge on any atom is -0.386 e. The first-order valence-electron chi connectivity index (χ1n) is 7.49. The topological polar surface area (TPSA) is 90.5 Å². The molecule has 0 spiro atoms. The number of ether oxygens (including phenoxy) is 1. The van der Waals surface area contributed by atoms with Gasteiger partial charge in [0.15, 0.2) is 5.78 Å². The van der Waals surface area contributed by atoms with Crippen LogP contribution in [0.4, 0.5) is 0 Å². The molecule has 0 unspecified atom stereocenters. The molecule has 3 heterocycles. The van der Waals surface area contributed by atoms with E-state index in [9.17, 15) is 4.79 Å². The highest BCUT2D eigenvalue weighted by Gasteiger charge is 2.31. The van der Waals surface area contributed by atoms with Crippen LogP contribution in [0.1, 0.15) is 28.8 Å². The van der Waals surface area contributed by atoms with Crippen LogP contribution in [0.15, 0.2) is 46.0 Å². The highest BCUT2D eigenvalue weighted by Crippen LogP contribution is 2.26. The third kappa shape index (κ3) is 3.68. The van der Waals surface area contributed by atoms with Crippen LogP contribution in [0.2, 0.25) is 0 Å². The zero-order valence-electron chi connectivity index (χ0n) is 13.2. The van der Waals surface area contributed by atoms with Crippen LogP contribution in [0.25, 0.3) is 0 Å². The normalized spacial score (nSPS) is 20.5. The molecule has 7 heteroatoms. The summed E-state index contributed by atoms with van der Waals surface area (Å²) in [7, 11) is 0. The maximum atomic E-state index is 12.4. The number of nitrogens with zero attached hydrogens (tertiary/aromatic N) is 3. The standard InChI is InChI=1S/C17H17BrN4O2/c1-17(10-24-9-16(19)22-17)15-4-2-3-12(21-15)7-14(23)13-6-5-11(18)8-20-13/h2-6,8H,7,9-10H2,1H3,(H2,19,22)/t17-/m0/s1. The molecule has 1 atom stereocenters. The van der Waals surface area contributed by atoms with Crippen molar-refractivity contribution in [1.82, 2.24) is 9.97 Å². The van der Waals surface area contributed by atoms with E-state index in [-0.39, 0.29) is 12.2 Å². The maximum Gasteiger partial charge on any atom is 0.187 e. The van der Waals surface area contributed by atoms with Crippen LogP contribution in [-0.2, 0) is 16.7 Å². The molecule has 3 rings (SSSR count). The Morgan fingerprint density at radius 3 is 2.92 bits per heavy atom. The van der Waals surface area contributed by atoms with E-state index in [1.807, 2.05) is 25.1 Å². The van der Waals surface area contributed by atoms with Gasteiger partial charge in [0.05, 0.1) is 18.7 Å². The number of ketones is 1. The Morgan fingerprint density at radius 1 is 1.38 bits per heavy atom. The molecule has 0 aliphatic carbocycles. The zero-order chi connectivity index (χ0) is 17.2. The summed E-state index contributed by atoms with van der Waals surface area (Å²) in [6.07, 6.45) is 1.79. The van der Waals surface area contributed by atoms with Gasteiger partial charge in [-0.2, -0.15) is 0 Å². The fourth-order valence-corrected chi connectivity index (χ4v) is 2.78. The van der Waals surface area contributed by atoms with Crippen molar-refractivity contribution in [2.45, 2.75) is 18.9 Å². The molecule has 0 fully saturated rings. The van der Waals surface area contributed by atoms with E-state index >= 15 is 0 Å². The van der Waals surface area contributed by atoms with E-state index in [2.05, 4.69) is 30.9 Å². The van der Waals surface area contributed by atoms with Gasteiger partial charge in [-0.25, -0.2) is 0 Å². The lowest BCUT2D eigenvalue weighted by Gasteiger charge is -2.29. The van der Waals surface area contributed by atoms with Crippen molar-refractivity contribution in [3.05, 3.63) is 58.1 Å².